The van der Waals surface area contributed by atoms with E-state index in [9.17, 15) is 5.11 Å². The molecule has 18 heavy (non-hydrogen) atoms. The summed E-state index contributed by atoms with van der Waals surface area (Å²) in [6.45, 7) is 7.64. The van der Waals surface area contributed by atoms with Crippen molar-refractivity contribution in [2.24, 2.45) is 0 Å². The maximum atomic E-state index is 9.71. The molecule has 0 amide bonds. The molecule has 0 radical (unpaired) electrons. The number of benzene rings is 1. The molecule has 0 unspecified atom stereocenters. The van der Waals surface area contributed by atoms with Gasteiger partial charge in [0.2, 0.25) is 0 Å². The molecule has 1 aliphatic rings. The largest absolute Gasteiger partial charge is 0.508 e. The van der Waals surface area contributed by atoms with Crippen LogP contribution in [0.3, 0.4) is 0 Å². The van der Waals surface area contributed by atoms with Gasteiger partial charge in [0.15, 0.2) is 0 Å². The van der Waals surface area contributed by atoms with Crippen LogP contribution >= 0.6 is 0 Å². The fraction of sp³-hybridized carbons (Fsp3) is 0.600. The van der Waals surface area contributed by atoms with Crippen LogP contribution in [0.15, 0.2) is 24.3 Å². The second kappa shape index (κ2) is 6.21. The van der Waals surface area contributed by atoms with E-state index in [1.54, 1.807) is 6.07 Å². The van der Waals surface area contributed by atoms with Crippen LogP contribution in [0, 0.1) is 0 Å². The number of aromatic hydroxyl groups is 1. The van der Waals surface area contributed by atoms with Gasteiger partial charge in [-0.25, -0.2) is 0 Å². The van der Waals surface area contributed by atoms with Crippen molar-refractivity contribution in [1.29, 1.82) is 0 Å². The van der Waals surface area contributed by atoms with E-state index in [1.807, 2.05) is 18.2 Å². The highest BCUT2D eigenvalue weighted by molar-refractivity contribution is 5.31. The third-order valence-corrected chi connectivity index (χ3v) is 3.83. The lowest BCUT2D eigenvalue weighted by Crippen LogP contribution is -2.44. The molecule has 2 rings (SSSR count). The number of hydrogen-bond donors (Lipinski definition) is 2. The first kappa shape index (κ1) is 13.4. The average Bonchev–Trinajstić information content (AvgIpc) is 2.38. The fourth-order valence-electron chi connectivity index (χ4n) is 2.53. The lowest BCUT2D eigenvalue weighted by atomic mass is 10.0. The normalized spacial score (nSPS) is 18.4. The molecule has 0 aromatic heterocycles. The van der Waals surface area contributed by atoms with Crippen LogP contribution in [-0.2, 0) is 6.54 Å². The van der Waals surface area contributed by atoms with Crippen molar-refractivity contribution in [2.75, 3.05) is 13.1 Å². The summed E-state index contributed by atoms with van der Waals surface area (Å²) in [5.41, 5.74) is 0.990. The fourth-order valence-corrected chi connectivity index (χ4v) is 2.53. The third kappa shape index (κ3) is 3.47. The molecule has 3 heteroatoms. The molecule has 100 valence electrons. The van der Waals surface area contributed by atoms with Gasteiger partial charge in [-0.05, 0) is 45.8 Å². The van der Waals surface area contributed by atoms with Gasteiger partial charge in [0.05, 0.1) is 0 Å². The summed E-state index contributed by atoms with van der Waals surface area (Å²) < 4.78 is 0. The van der Waals surface area contributed by atoms with E-state index in [4.69, 9.17) is 0 Å². The first-order valence-corrected chi connectivity index (χ1v) is 6.91. The van der Waals surface area contributed by atoms with Crippen molar-refractivity contribution in [3.8, 4) is 5.75 Å². The van der Waals surface area contributed by atoms with Crippen molar-refractivity contribution in [3.05, 3.63) is 29.8 Å². The highest BCUT2D eigenvalue weighted by Gasteiger charge is 2.20. The minimum absolute atomic E-state index is 0.393. The molecule has 0 atom stereocenters. The molecule has 0 aliphatic carbocycles. The number of hydrogen-bond acceptors (Lipinski definition) is 3. The molecular formula is C15H24N2O. The summed E-state index contributed by atoms with van der Waals surface area (Å²) in [5, 5.41) is 13.3. The monoisotopic (exact) mass is 248 g/mol. The number of rotatable bonds is 4. The van der Waals surface area contributed by atoms with Crippen molar-refractivity contribution >= 4 is 0 Å². The molecule has 0 bridgehead atoms. The average molecular weight is 248 g/mol. The van der Waals surface area contributed by atoms with Gasteiger partial charge in [-0.2, -0.15) is 0 Å². The van der Waals surface area contributed by atoms with Crippen molar-refractivity contribution in [1.82, 2.24) is 10.2 Å². The zero-order chi connectivity index (χ0) is 13.0. The Morgan fingerprint density at radius 3 is 2.56 bits per heavy atom. The number of phenols is 1. The molecule has 1 aromatic carbocycles. The summed E-state index contributed by atoms with van der Waals surface area (Å²) >= 11 is 0. The van der Waals surface area contributed by atoms with Gasteiger partial charge in [-0.3, -0.25) is 0 Å². The second-order valence-corrected chi connectivity index (χ2v) is 5.41. The highest BCUT2D eigenvalue weighted by Crippen LogP contribution is 2.17. The molecule has 1 aliphatic heterocycles. The zero-order valence-electron chi connectivity index (χ0n) is 11.4. The van der Waals surface area contributed by atoms with E-state index in [-0.39, 0.29) is 0 Å². The number of para-hydroxylation sites is 1. The third-order valence-electron chi connectivity index (χ3n) is 3.83. The number of likely N-dealkylation sites (tertiary alicyclic amines) is 1. The topological polar surface area (TPSA) is 35.5 Å². The lowest BCUT2D eigenvalue weighted by Gasteiger charge is -2.35. The van der Waals surface area contributed by atoms with E-state index in [0.29, 0.717) is 17.8 Å². The number of nitrogens with one attached hydrogen (secondary N) is 1. The van der Waals surface area contributed by atoms with Gasteiger partial charge in [0, 0.05) is 24.2 Å². The lowest BCUT2D eigenvalue weighted by molar-refractivity contribution is 0.161. The second-order valence-electron chi connectivity index (χ2n) is 5.41. The molecule has 3 nitrogen and oxygen atoms in total. The minimum atomic E-state index is 0.393. The van der Waals surface area contributed by atoms with Crippen LogP contribution in [0.4, 0.5) is 0 Å². The first-order valence-electron chi connectivity index (χ1n) is 6.91. The number of piperidine rings is 1. The SMILES string of the molecule is CC(C)N1CCC(NCc2ccccc2O)CC1. The summed E-state index contributed by atoms with van der Waals surface area (Å²) in [5.74, 6) is 0.393. The van der Waals surface area contributed by atoms with Gasteiger partial charge >= 0.3 is 0 Å². The van der Waals surface area contributed by atoms with Crippen LogP contribution < -0.4 is 5.32 Å². The molecule has 1 fully saturated rings. The van der Waals surface area contributed by atoms with Gasteiger partial charge in [0.1, 0.15) is 5.75 Å². The smallest absolute Gasteiger partial charge is 0.120 e. The van der Waals surface area contributed by atoms with Crippen molar-refractivity contribution in [2.45, 2.75) is 45.3 Å². The van der Waals surface area contributed by atoms with Crippen molar-refractivity contribution < 1.29 is 5.11 Å². The molecule has 1 aromatic rings. The van der Waals surface area contributed by atoms with Gasteiger partial charge < -0.3 is 15.3 Å². The summed E-state index contributed by atoms with van der Waals surface area (Å²) in [6, 6.07) is 8.80. The van der Waals surface area contributed by atoms with E-state index >= 15 is 0 Å². The van der Waals surface area contributed by atoms with E-state index < -0.39 is 0 Å². The molecular weight excluding hydrogens is 224 g/mol. The standard InChI is InChI=1S/C15H24N2O/c1-12(2)17-9-7-14(8-10-17)16-11-13-5-3-4-6-15(13)18/h3-6,12,14,16,18H,7-11H2,1-2H3. The van der Waals surface area contributed by atoms with E-state index in [0.717, 1.165) is 12.1 Å². The van der Waals surface area contributed by atoms with Crippen LogP contribution in [0.5, 0.6) is 5.75 Å². The Labute approximate surface area is 110 Å². The number of phenolic OH excluding ortho intramolecular Hbond substituents is 1. The van der Waals surface area contributed by atoms with Gasteiger partial charge in [0.25, 0.3) is 0 Å². The van der Waals surface area contributed by atoms with E-state index in [1.165, 1.54) is 25.9 Å². The Balaban J connectivity index is 1.77. The highest BCUT2D eigenvalue weighted by atomic mass is 16.3. The van der Waals surface area contributed by atoms with Gasteiger partial charge in [-0.15, -0.1) is 0 Å². The summed E-state index contributed by atoms with van der Waals surface area (Å²) in [6.07, 6.45) is 2.40. The number of nitrogens with zero attached hydrogens (tertiary/aromatic N) is 1. The molecule has 0 saturated carbocycles. The Kier molecular flexibility index (Phi) is 4.61. The maximum absolute atomic E-state index is 9.71. The molecule has 1 heterocycles. The van der Waals surface area contributed by atoms with Crippen LogP contribution in [0.25, 0.3) is 0 Å². The predicted octanol–water partition coefficient (Wildman–Crippen LogP) is 2.35. The van der Waals surface area contributed by atoms with E-state index in [2.05, 4.69) is 24.1 Å². The zero-order valence-corrected chi connectivity index (χ0v) is 11.4. The first-order chi connectivity index (χ1) is 8.66. The quantitative estimate of drug-likeness (QED) is 0.858. The maximum Gasteiger partial charge on any atom is 0.120 e. The Morgan fingerprint density at radius 1 is 1.28 bits per heavy atom. The summed E-state index contributed by atoms with van der Waals surface area (Å²) in [4.78, 5) is 2.53. The molecule has 1 saturated heterocycles. The molecule has 0 spiro atoms. The Hall–Kier alpha value is -1.06. The van der Waals surface area contributed by atoms with Crippen LogP contribution in [0.2, 0.25) is 0 Å². The van der Waals surface area contributed by atoms with Gasteiger partial charge in [-0.1, -0.05) is 18.2 Å². The summed E-state index contributed by atoms with van der Waals surface area (Å²) in [7, 11) is 0. The van der Waals surface area contributed by atoms with Crippen molar-refractivity contribution in [3.63, 3.8) is 0 Å². The van der Waals surface area contributed by atoms with Crippen LogP contribution in [0.1, 0.15) is 32.3 Å². The Morgan fingerprint density at radius 2 is 1.94 bits per heavy atom. The molecule has 2 N–H and O–H groups in total. The minimum Gasteiger partial charge on any atom is -0.508 e. The predicted molar refractivity (Wildman–Crippen MR) is 74.7 cm³/mol. The van der Waals surface area contributed by atoms with Crippen LogP contribution in [-0.4, -0.2) is 35.2 Å². The Bertz CT molecular complexity index is 371.